The van der Waals surface area contributed by atoms with Crippen molar-refractivity contribution in [3.8, 4) is 11.5 Å². The number of carboxylic acids is 1. The molecule has 2 fully saturated rings. The SMILES string of the molecule is CC(C)(C)OC(=O)NC1CCCCCC=CC2CC2(C(=O)O)NC(=O)C2CC(OC(=O)N3Cc4ccc5c(c4C3)OCCCO5)CN2C1=O. The maximum atomic E-state index is 14.2. The number of nitrogens with zero attached hydrogens (tertiary/aromatic N) is 2. The quantitative estimate of drug-likeness (QED) is 0.400. The average Bonchev–Trinajstić information content (AvgIpc) is 3.41. The lowest BCUT2D eigenvalue weighted by atomic mass is 10.0. The molecule has 14 nitrogen and oxygen atoms in total. The number of carbonyl (C=O) groups excluding carboxylic acids is 4. The van der Waals surface area contributed by atoms with Crippen LogP contribution in [0.3, 0.4) is 0 Å². The first-order chi connectivity index (χ1) is 23.3. The van der Waals surface area contributed by atoms with E-state index < -0.39 is 59.3 Å². The molecule has 4 aliphatic heterocycles. The number of fused-ring (bicyclic) bond motifs is 5. The molecular weight excluding hydrogens is 636 g/mol. The van der Waals surface area contributed by atoms with Gasteiger partial charge in [0, 0.05) is 30.9 Å². The molecule has 4 amide bonds. The lowest BCUT2D eigenvalue weighted by molar-refractivity contribution is -0.145. The van der Waals surface area contributed by atoms with Crippen molar-refractivity contribution < 1.29 is 48.0 Å². The number of amides is 4. The minimum absolute atomic E-state index is 0.0359. The summed E-state index contributed by atoms with van der Waals surface area (Å²) in [4.78, 5) is 69.6. The van der Waals surface area contributed by atoms with Crippen molar-refractivity contribution >= 4 is 30.0 Å². The number of carbonyl (C=O) groups is 5. The minimum atomic E-state index is -1.48. The highest BCUT2D eigenvalue weighted by Crippen LogP contribution is 2.45. The highest BCUT2D eigenvalue weighted by molar-refractivity contribution is 5.96. The smallest absolute Gasteiger partial charge is 0.410 e. The number of rotatable bonds is 3. The highest BCUT2D eigenvalue weighted by Gasteiger charge is 2.61. The van der Waals surface area contributed by atoms with Gasteiger partial charge in [0.05, 0.1) is 26.3 Å². The molecule has 5 atom stereocenters. The Balaban J connectivity index is 1.21. The molecule has 266 valence electrons. The van der Waals surface area contributed by atoms with Gasteiger partial charge in [-0.2, -0.15) is 0 Å². The highest BCUT2D eigenvalue weighted by atomic mass is 16.6. The predicted molar refractivity (Wildman–Crippen MR) is 174 cm³/mol. The second-order valence-electron chi connectivity index (χ2n) is 14.5. The molecule has 3 N–H and O–H groups in total. The molecule has 0 spiro atoms. The van der Waals surface area contributed by atoms with Crippen LogP contribution < -0.4 is 20.1 Å². The predicted octanol–water partition coefficient (Wildman–Crippen LogP) is 3.64. The van der Waals surface area contributed by atoms with E-state index in [-0.39, 0.29) is 31.8 Å². The zero-order valence-electron chi connectivity index (χ0n) is 28.3. The molecule has 0 bridgehead atoms. The van der Waals surface area contributed by atoms with Gasteiger partial charge in [0.15, 0.2) is 11.5 Å². The Morgan fingerprint density at radius 3 is 2.63 bits per heavy atom. The number of aliphatic carboxylic acids is 1. The van der Waals surface area contributed by atoms with Crippen molar-refractivity contribution in [1.82, 2.24) is 20.4 Å². The maximum Gasteiger partial charge on any atom is 0.410 e. The van der Waals surface area contributed by atoms with E-state index in [0.29, 0.717) is 44.1 Å². The number of hydrogen-bond donors (Lipinski definition) is 3. The van der Waals surface area contributed by atoms with Crippen LogP contribution >= 0.6 is 0 Å². The number of nitrogens with one attached hydrogen (secondary N) is 2. The molecule has 1 saturated carbocycles. The Kier molecular flexibility index (Phi) is 9.67. The number of carboxylic acid groups (broad SMARTS) is 1. The van der Waals surface area contributed by atoms with Crippen molar-refractivity contribution in [1.29, 1.82) is 0 Å². The van der Waals surface area contributed by atoms with Gasteiger partial charge < -0.3 is 39.6 Å². The summed E-state index contributed by atoms with van der Waals surface area (Å²) in [5, 5.41) is 15.5. The molecule has 0 radical (unpaired) electrons. The fourth-order valence-corrected chi connectivity index (χ4v) is 7.05. The zero-order chi connectivity index (χ0) is 34.9. The van der Waals surface area contributed by atoms with E-state index in [1.165, 1.54) is 9.80 Å². The lowest BCUT2D eigenvalue weighted by Crippen LogP contribution is -2.56. The Morgan fingerprint density at radius 1 is 1.06 bits per heavy atom. The fraction of sp³-hybridized carbons (Fsp3) is 0.629. The fourth-order valence-electron chi connectivity index (χ4n) is 7.05. The van der Waals surface area contributed by atoms with Gasteiger partial charge in [-0.05, 0) is 58.1 Å². The Bertz CT molecular complexity index is 1520. The van der Waals surface area contributed by atoms with Crippen molar-refractivity contribution in [2.45, 2.75) is 115 Å². The number of ether oxygens (including phenoxy) is 4. The van der Waals surface area contributed by atoms with Gasteiger partial charge in [0.25, 0.3) is 0 Å². The van der Waals surface area contributed by atoms with Crippen LogP contribution in [0.2, 0.25) is 0 Å². The van der Waals surface area contributed by atoms with Crippen LogP contribution in [0.25, 0.3) is 0 Å². The van der Waals surface area contributed by atoms with Crippen molar-refractivity contribution in [2.75, 3.05) is 19.8 Å². The number of benzene rings is 1. The maximum absolute atomic E-state index is 14.2. The van der Waals surface area contributed by atoms with Crippen LogP contribution in [-0.4, -0.2) is 94.0 Å². The van der Waals surface area contributed by atoms with Crippen LogP contribution in [0.1, 0.15) is 83.3 Å². The summed E-state index contributed by atoms with van der Waals surface area (Å²) in [6.45, 7) is 6.65. The van der Waals surface area contributed by atoms with Crippen molar-refractivity contribution in [2.24, 2.45) is 5.92 Å². The lowest BCUT2D eigenvalue weighted by Gasteiger charge is -2.30. The minimum Gasteiger partial charge on any atom is -0.490 e. The van der Waals surface area contributed by atoms with E-state index in [9.17, 15) is 29.1 Å². The van der Waals surface area contributed by atoms with Gasteiger partial charge in [0.2, 0.25) is 11.8 Å². The summed E-state index contributed by atoms with van der Waals surface area (Å²) in [6.07, 6.45) is 5.75. The third kappa shape index (κ3) is 7.57. The number of hydrogen-bond acceptors (Lipinski definition) is 9. The standard InChI is InChI=1S/C35H46N4O10/c1-34(2,3)49-32(44)36-25-11-8-6-4-5-7-10-22-17-35(22,31(42)43)37-29(40)26-16-23(19-39(26)30(25)41)48-33(45)38-18-21-12-13-27-28(24(21)20-38)47-15-9-14-46-27/h7,10,12-13,22-23,25-26H,4-6,8-9,11,14-20H2,1-3H3,(H,36,44)(H,37,40)(H,42,43). The molecule has 49 heavy (non-hydrogen) atoms. The molecule has 1 aliphatic carbocycles. The largest absolute Gasteiger partial charge is 0.490 e. The second kappa shape index (κ2) is 13.8. The van der Waals surface area contributed by atoms with E-state index in [1.807, 2.05) is 24.3 Å². The molecule has 4 heterocycles. The molecule has 1 saturated heterocycles. The summed E-state index contributed by atoms with van der Waals surface area (Å²) in [5.74, 6) is -1.43. The van der Waals surface area contributed by atoms with E-state index >= 15 is 0 Å². The second-order valence-corrected chi connectivity index (χ2v) is 14.5. The average molecular weight is 683 g/mol. The molecule has 14 heteroatoms. The van der Waals surface area contributed by atoms with E-state index in [0.717, 1.165) is 36.8 Å². The Hall–Kier alpha value is -4.49. The van der Waals surface area contributed by atoms with Gasteiger partial charge in [-0.15, -0.1) is 0 Å². The van der Waals surface area contributed by atoms with Crippen LogP contribution in [0.5, 0.6) is 11.5 Å². The van der Waals surface area contributed by atoms with Crippen LogP contribution in [-0.2, 0) is 36.9 Å². The third-order valence-corrected chi connectivity index (χ3v) is 9.66. The molecule has 5 aliphatic rings. The summed E-state index contributed by atoms with van der Waals surface area (Å²) in [7, 11) is 0. The first kappa shape index (κ1) is 34.4. The molecule has 1 aromatic carbocycles. The Morgan fingerprint density at radius 2 is 1.86 bits per heavy atom. The van der Waals surface area contributed by atoms with Crippen LogP contribution in [0, 0.1) is 5.92 Å². The number of allylic oxidation sites excluding steroid dienone is 1. The first-order valence-electron chi connectivity index (χ1n) is 17.2. The van der Waals surface area contributed by atoms with E-state index in [4.69, 9.17) is 18.9 Å². The van der Waals surface area contributed by atoms with Gasteiger partial charge in [-0.3, -0.25) is 14.5 Å². The van der Waals surface area contributed by atoms with Crippen LogP contribution in [0.4, 0.5) is 9.59 Å². The molecule has 1 aromatic rings. The first-order valence-corrected chi connectivity index (χ1v) is 17.2. The molecule has 0 aromatic heterocycles. The topological polar surface area (TPSA) is 173 Å². The van der Waals surface area contributed by atoms with Crippen molar-refractivity contribution in [3.05, 3.63) is 35.4 Å². The van der Waals surface area contributed by atoms with Gasteiger partial charge in [-0.25, -0.2) is 14.4 Å². The Labute approximate surface area is 285 Å². The van der Waals surface area contributed by atoms with Gasteiger partial charge in [0.1, 0.15) is 29.3 Å². The normalized spacial score (nSPS) is 28.5. The summed E-state index contributed by atoms with van der Waals surface area (Å²) in [6, 6.07) is 1.61. The van der Waals surface area contributed by atoms with E-state index in [2.05, 4.69) is 10.6 Å². The number of alkyl carbamates (subject to hydrolysis) is 1. The third-order valence-electron chi connectivity index (χ3n) is 9.66. The van der Waals surface area contributed by atoms with Gasteiger partial charge in [-0.1, -0.05) is 31.1 Å². The molecular formula is C35H46N4O10. The monoisotopic (exact) mass is 682 g/mol. The van der Waals surface area contributed by atoms with Crippen molar-refractivity contribution in [3.63, 3.8) is 0 Å². The summed E-state index contributed by atoms with van der Waals surface area (Å²) in [5.41, 5.74) is -0.504. The zero-order valence-corrected chi connectivity index (χ0v) is 28.3. The van der Waals surface area contributed by atoms with E-state index in [1.54, 1.807) is 20.8 Å². The summed E-state index contributed by atoms with van der Waals surface area (Å²) >= 11 is 0. The van der Waals surface area contributed by atoms with Crippen LogP contribution in [0.15, 0.2) is 24.3 Å². The molecule has 5 unspecified atom stereocenters. The van der Waals surface area contributed by atoms with Gasteiger partial charge >= 0.3 is 18.2 Å². The molecule has 6 rings (SSSR count). The summed E-state index contributed by atoms with van der Waals surface area (Å²) < 4.78 is 23.1.